The van der Waals surface area contributed by atoms with E-state index in [4.69, 9.17) is 14.5 Å². The van der Waals surface area contributed by atoms with Crippen molar-refractivity contribution in [1.82, 2.24) is 10.2 Å². The van der Waals surface area contributed by atoms with Crippen molar-refractivity contribution < 1.29 is 9.47 Å². The van der Waals surface area contributed by atoms with Crippen LogP contribution in [0, 0.1) is 0 Å². The van der Waals surface area contributed by atoms with Gasteiger partial charge in [-0.05, 0) is 51.5 Å². The van der Waals surface area contributed by atoms with Crippen LogP contribution in [-0.4, -0.2) is 69.9 Å². The second kappa shape index (κ2) is 13.0. The first kappa shape index (κ1) is 23.8. The molecule has 27 heavy (non-hydrogen) atoms. The number of benzene rings is 1. The average molecular weight is 490 g/mol. The van der Waals surface area contributed by atoms with Crippen LogP contribution in [-0.2, 0) is 4.74 Å². The largest absolute Gasteiger partial charge is 0.497 e. The maximum absolute atomic E-state index is 5.59. The molecule has 1 aliphatic rings. The first-order chi connectivity index (χ1) is 12.6. The molecule has 6 nitrogen and oxygen atoms in total. The molecule has 1 heterocycles. The number of nitrogens with zero attached hydrogens (tertiary/aromatic N) is 3. The van der Waals surface area contributed by atoms with E-state index < -0.39 is 0 Å². The fourth-order valence-corrected chi connectivity index (χ4v) is 2.96. The molecule has 0 aliphatic carbocycles. The van der Waals surface area contributed by atoms with E-state index in [2.05, 4.69) is 48.0 Å². The van der Waals surface area contributed by atoms with Crippen molar-refractivity contribution in [3.8, 4) is 5.75 Å². The Morgan fingerprint density at radius 3 is 2.37 bits per heavy atom. The van der Waals surface area contributed by atoms with Crippen LogP contribution in [0.1, 0.15) is 27.2 Å². The first-order valence-corrected chi connectivity index (χ1v) is 9.68. The van der Waals surface area contributed by atoms with Crippen molar-refractivity contribution in [2.75, 3.05) is 57.9 Å². The summed E-state index contributed by atoms with van der Waals surface area (Å²) in [5.74, 6) is 1.92. The van der Waals surface area contributed by atoms with Crippen LogP contribution in [0.3, 0.4) is 0 Å². The number of piperazine rings is 1. The predicted molar refractivity (Wildman–Crippen MR) is 124 cm³/mol. The fourth-order valence-electron chi connectivity index (χ4n) is 2.96. The third-order valence-electron chi connectivity index (χ3n) is 4.37. The summed E-state index contributed by atoms with van der Waals surface area (Å²) in [6, 6.07) is 8.30. The Hall–Kier alpha value is -1.22. The minimum atomic E-state index is 0. The van der Waals surface area contributed by atoms with Gasteiger partial charge in [-0.25, -0.2) is 0 Å². The summed E-state index contributed by atoms with van der Waals surface area (Å²) in [6.07, 6.45) is 1.25. The number of anilines is 1. The summed E-state index contributed by atoms with van der Waals surface area (Å²) in [5, 5.41) is 3.42. The molecule has 0 unspecified atom stereocenters. The molecule has 1 fully saturated rings. The van der Waals surface area contributed by atoms with Gasteiger partial charge in [-0.15, -0.1) is 24.0 Å². The summed E-state index contributed by atoms with van der Waals surface area (Å²) in [4.78, 5) is 9.54. The Morgan fingerprint density at radius 1 is 1.15 bits per heavy atom. The summed E-state index contributed by atoms with van der Waals surface area (Å²) in [7, 11) is 1.70. The third-order valence-corrected chi connectivity index (χ3v) is 4.37. The minimum absolute atomic E-state index is 0. The molecular weight excluding hydrogens is 455 g/mol. The topological polar surface area (TPSA) is 49.3 Å². The summed E-state index contributed by atoms with van der Waals surface area (Å²) >= 11 is 0. The highest BCUT2D eigenvalue weighted by molar-refractivity contribution is 14.0. The van der Waals surface area contributed by atoms with Crippen LogP contribution in [0.4, 0.5) is 5.69 Å². The zero-order valence-corrected chi connectivity index (χ0v) is 19.4. The van der Waals surface area contributed by atoms with E-state index in [0.717, 1.165) is 64.0 Å². The monoisotopic (exact) mass is 490 g/mol. The highest BCUT2D eigenvalue weighted by Crippen LogP contribution is 2.20. The lowest BCUT2D eigenvalue weighted by Gasteiger charge is -2.37. The molecule has 0 spiro atoms. The van der Waals surface area contributed by atoms with Crippen molar-refractivity contribution in [3.05, 3.63) is 24.3 Å². The molecule has 0 atom stereocenters. The van der Waals surface area contributed by atoms with Crippen molar-refractivity contribution in [2.45, 2.75) is 33.3 Å². The molecule has 0 radical (unpaired) electrons. The van der Waals surface area contributed by atoms with Gasteiger partial charge in [0, 0.05) is 51.6 Å². The van der Waals surface area contributed by atoms with Crippen LogP contribution in [0.25, 0.3) is 0 Å². The number of guanidine groups is 1. The highest BCUT2D eigenvalue weighted by Gasteiger charge is 2.19. The smallest absolute Gasteiger partial charge is 0.194 e. The van der Waals surface area contributed by atoms with Gasteiger partial charge in [0.25, 0.3) is 0 Å². The van der Waals surface area contributed by atoms with E-state index in [1.165, 1.54) is 5.69 Å². The summed E-state index contributed by atoms with van der Waals surface area (Å²) in [5.41, 5.74) is 1.25. The van der Waals surface area contributed by atoms with Gasteiger partial charge in [-0.1, -0.05) is 0 Å². The summed E-state index contributed by atoms with van der Waals surface area (Å²) < 4.78 is 10.8. The van der Waals surface area contributed by atoms with Crippen LogP contribution in [0.15, 0.2) is 29.3 Å². The van der Waals surface area contributed by atoms with Gasteiger partial charge >= 0.3 is 0 Å². The third kappa shape index (κ3) is 8.13. The van der Waals surface area contributed by atoms with Gasteiger partial charge in [-0.3, -0.25) is 4.99 Å². The van der Waals surface area contributed by atoms with Gasteiger partial charge in [0.15, 0.2) is 5.96 Å². The van der Waals surface area contributed by atoms with E-state index >= 15 is 0 Å². The molecule has 2 rings (SSSR count). The van der Waals surface area contributed by atoms with Crippen molar-refractivity contribution in [2.24, 2.45) is 4.99 Å². The average Bonchev–Trinajstić information content (AvgIpc) is 2.67. The van der Waals surface area contributed by atoms with Crippen LogP contribution in [0.5, 0.6) is 5.75 Å². The number of hydrogen-bond acceptors (Lipinski definition) is 4. The number of halogens is 1. The SMILES string of the molecule is CCNC(=NCCCOC(C)C)N1CCN(c2ccc(OC)cc2)CC1.I. The summed E-state index contributed by atoms with van der Waals surface area (Å²) in [6.45, 7) is 12.6. The number of methoxy groups -OCH3 is 1. The number of ether oxygens (including phenoxy) is 2. The second-order valence-corrected chi connectivity index (χ2v) is 6.68. The minimum Gasteiger partial charge on any atom is -0.497 e. The standard InChI is InChI=1S/C20H34N4O2.HI/c1-5-21-20(22-11-6-16-26-17(2)3)24-14-12-23(13-15-24)18-7-9-19(25-4)10-8-18;/h7-10,17H,5-6,11-16H2,1-4H3,(H,21,22);1H. The quantitative estimate of drug-likeness (QED) is 0.263. The van der Waals surface area contributed by atoms with Gasteiger partial charge in [0.1, 0.15) is 5.75 Å². The van der Waals surface area contributed by atoms with Crippen LogP contribution in [0.2, 0.25) is 0 Å². The van der Waals surface area contributed by atoms with Gasteiger partial charge in [0.2, 0.25) is 0 Å². The predicted octanol–water partition coefficient (Wildman–Crippen LogP) is 3.22. The van der Waals surface area contributed by atoms with Crippen molar-refractivity contribution >= 4 is 35.6 Å². The molecule has 0 amide bonds. The van der Waals surface area contributed by atoms with Gasteiger partial charge in [0.05, 0.1) is 13.2 Å². The van der Waals surface area contributed by atoms with Crippen LogP contribution < -0.4 is 15.0 Å². The van der Waals surface area contributed by atoms with E-state index in [-0.39, 0.29) is 24.0 Å². The molecule has 1 aromatic carbocycles. The Bertz CT molecular complexity index is 543. The van der Waals surface area contributed by atoms with E-state index in [9.17, 15) is 0 Å². The lowest BCUT2D eigenvalue weighted by atomic mass is 10.2. The molecule has 0 aromatic heterocycles. The zero-order chi connectivity index (χ0) is 18.8. The van der Waals surface area contributed by atoms with Crippen molar-refractivity contribution in [1.29, 1.82) is 0 Å². The lowest BCUT2D eigenvalue weighted by Crippen LogP contribution is -2.52. The number of nitrogens with one attached hydrogen (secondary N) is 1. The maximum Gasteiger partial charge on any atom is 0.194 e. The first-order valence-electron chi connectivity index (χ1n) is 9.68. The van der Waals surface area contributed by atoms with Gasteiger partial charge < -0.3 is 24.6 Å². The van der Waals surface area contributed by atoms with Crippen molar-refractivity contribution in [3.63, 3.8) is 0 Å². The van der Waals surface area contributed by atoms with Crippen LogP contribution >= 0.6 is 24.0 Å². The molecule has 0 bridgehead atoms. The fraction of sp³-hybridized carbons (Fsp3) is 0.650. The molecule has 154 valence electrons. The molecule has 1 aliphatic heterocycles. The van der Waals surface area contributed by atoms with E-state index in [1.54, 1.807) is 7.11 Å². The normalized spacial score (nSPS) is 14.9. The highest BCUT2D eigenvalue weighted by atomic mass is 127. The Morgan fingerprint density at radius 2 is 1.81 bits per heavy atom. The maximum atomic E-state index is 5.59. The Kier molecular flexibility index (Phi) is 11.5. The molecule has 7 heteroatoms. The second-order valence-electron chi connectivity index (χ2n) is 6.68. The molecular formula is C20H35IN4O2. The molecule has 1 N–H and O–H groups in total. The Balaban J connectivity index is 0.00000364. The van der Waals surface area contributed by atoms with E-state index in [1.807, 2.05) is 12.1 Å². The van der Waals surface area contributed by atoms with Gasteiger partial charge in [-0.2, -0.15) is 0 Å². The van der Waals surface area contributed by atoms with E-state index in [0.29, 0.717) is 6.10 Å². The molecule has 1 saturated heterocycles. The number of aliphatic imine (C=N–C) groups is 1. The number of rotatable bonds is 8. The molecule has 1 aromatic rings. The number of hydrogen-bond donors (Lipinski definition) is 1. The Labute approximate surface area is 181 Å². The lowest BCUT2D eigenvalue weighted by molar-refractivity contribution is 0.0782. The zero-order valence-electron chi connectivity index (χ0n) is 17.1. The molecule has 0 saturated carbocycles.